The van der Waals surface area contributed by atoms with Gasteiger partial charge >= 0.3 is 6.18 Å². The highest BCUT2D eigenvalue weighted by atomic mass is 19.4. The summed E-state index contributed by atoms with van der Waals surface area (Å²) in [6.07, 6.45) is -2.06. The number of rotatable bonds is 9. The van der Waals surface area contributed by atoms with E-state index in [4.69, 9.17) is 13.9 Å². The standard InChI is InChI=1S/C19H24F3N3O3/c1-3-23-18(24-9-8-15-5-4-10-27-15)25-12-14-6-7-16(17(11-14)26-2)28-13-19(20,21)22/h4-7,10-11H,3,8-9,12-13H2,1-2H3,(H2,23,24,25). The molecular formula is C19H24F3N3O3. The number of ether oxygens (including phenoxy) is 2. The molecule has 0 aliphatic heterocycles. The SMILES string of the molecule is CCNC(=NCc1ccc(OCC(F)(F)F)c(OC)c1)NCCc1ccco1. The molecule has 2 rings (SSSR count). The molecule has 6 nitrogen and oxygen atoms in total. The minimum atomic E-state index is -4.41. The van der Waals surface area contributed by atoms with Gasteiger partial charge < -0.3 is 24.5 Å². The molecule has 0 aliphatic carbocycles. The molecule has 1 heterocycles. The maximum atomic E-state index is 12.3. The van der Waals surface area contributed by atoms with Gasteiger partial charge in [0.25, 0.3) is 0 Å². The average molecular weight is 399 g/mol. The summed E-state index contributed by atoms with van der Waals surface area (Å²) in [5.74, 6) is 1.77. The summed E-state index contributed by atoms with van der Waals surface area (Å²) in [5.41, 5.74) is 0.777. The van der Waals surface area contributed by atoms with Crippen molar-refractivity contribution in [2.24, 2.45) is 4.99 Å². The molecular weight excluding hydrogens is 375 g/mol. The molecule has 2 N–H and O–H groups in total. The lowest BCUT2D eigenvalue weighted by atomic mass is 10.2. The minimum Gasteiger partial charge on any atom is -0.493 e. The quantitative estimate of drug-likeness (QED) is 0.499. The second-order valence-electron chi connectivity index (χ2n) is 5.84. The molecule has 0 fully saturated rings. The number of methoxy groups -OCH3 is 1. The zero-order valence-corrected chi connectivity index (χ0v) is 15.8. The topological polar surface area (TPSA) is 68.0 Å². The first kappa shape index (κ1) is 21.5. The van der Waals surface area contributed by atoms with E-state index in [1.807, 2.05) is 19.1 Å². The number of benzene rings is 1. The number of guanidine groups is 1. The van der Waals surface area contributed by atoms with Crippen LogP contribution < -0.4 is 20.1 Å². The number of hydrogen-bond donors (Lipinski definition) is 2. The van der Waals surface area contributed by atoms with E-state index >= 15 is 0 Å². The van der Waals surface area contributed by atoms with Gasteiger partial charge in [-0.15, -0.1) is 0 Å². The Balaban J connectivity index is 1.96. The normalized spacial score (nSPS) is 12.0. The lowest BCUT2D eigenvalue weighted by Gasteiger charge is -2.14. The highest BCUT2D eigenvalue weighted by Gasteiger charge is 2.29. The monoisotopic (exact) mass is 399 g/mol. The third-order valence-corrected chi connectivity index (χ3v) is 3.63. The van der Waals surface area contributed by atoms with Crippen LogP contribution in [-0.2, 0) is 13.0 Å². The van der Waals surface area contributed by atoms with E-state index in [9.17, 15) is 13.2 Å². The molecule has 0 radical (unpaired) electrons. The van der Waals surface area contributed by atoms with Gasteiger partial charge in [-0.3, -0.25) is 0 Å². The smallest absolute Gasteiger partial charge is 0.422 e. The van der Waals surface area contributed by atoms with Crippen LogP contribution in [0.4, 0.5) is 13.2 Å². The molecule has 0 bridgehead atoms. The predicted molar refractivity (Wildman–Crippen MR) is 99.8 cm³/mol. The van der Waals surface area contributed by atoms with Crippen molar-refractivity contribution in [3.05, 3.63) is 47.9 Å². The van der Waals surface area contributed by atoms with Gasteiger partial charge in [-0.2, -0.15) is 13.2 Å². The molecule has 0 saturated heterocycles. The molecule has 2 aromatic rings. The van der Waals surface area contributed by atoms with Crippen LogP contribution in [0.5, 0.6) is 11.5 Å². The summed E-state index contributed by atoms with van der Waals surface area (Å²) in [7, 11) is 1.38. The lowest BCUT2D eigenvalue weighted by molar-refractivity contribution is -0.153. The van der Waals surface area contributed by atoms with Gasteiger partial charge in [-0.25, -0.2) is 4.99 Å². The van der Waals surface area contributed by atoms with Gasteiger partial charge in [0.1, 0.15) is 5.76 Å². The molecule has 0 unspecified atom stereocenters. The zero-order valence-electron chi connectivity index (χ0n) is 15.8. The van der Waals surface area contributed by atoms with Crippen molar-refractivity contribution >= 4 is 5.96 Å². The summed E-state index contributed by atoms with van der Waals surface area (Å²) in [6.45, 7) is 2.25. The molecule has 0 amide bonds. The number of aliphatic imine (C=N–C) groups is 1. The fourth-order valence-electron chi connectivity index (χ4n) is 2.36. The van der Waals surface area contributed by atoms with E-state index < -0.39 is 12.8 Å². The summed E-state index contributed by atoms with van der Waals surface area (Å²) in [4.78, 5) is 4.48. The molecule has 1 aromatic carbocycles. The zero-order chi connectivity index (χ0) is 20.4. The Bertz CT molecular complexity index is 747. The fourth-order valence-corrected chi connectivity index (χ4v) is 2.36. The summed E-state index contributed by atoms with van der Waals surface area (Å²) >= 11 is 0. The number of nitrogens with zero attached hydrogens (tertiary/aromatic N) is 1. The van der Waals surface area contributed by atoms with Crippen molar-refractivity contribution in [1.29, 1.82) is 0 Å². The first-order valence-corrected chi connectivity index (χ1v) is 8.82. The Morgan fingerprint density at radius 3 is 2.64 bits per heavy atom. The van der Waals surface area contributed by atoms with Gasteiger partial charge in [0.2, 0.25) is 0 Å². The van der Waals surface area contributed by atoms with Gasteiger partial charge in [0.15, 0.2) is 24.1 Å². The maximum Gasteiger partial charge on any atom is 0.422 e. The highest BCUT2D eigenvalue weighted by Crippen LogP contribution is 2.30. The van der Waals surface area contributed by atoms with Crippen LogP contribution in [-0.4, -0.2) is 38.9 Å². The van der Waals surface area contributed by atoms with Crippen molar-refractivity contribution in [3.8, 4) is 11.5 Å². The highest BCUT2D eigenvalue weighted by molar-refractivity contribution is 5.79. The van der Waals surface area contributed by atoms with E-state index in [1.165, 1.54) is 13.2 Å². The van der Waals surface area contributed by atoms with Crippen LogP contribution in [0.15, 0.2) is 46.0 Å². The molecule has 1 aromatic heterocycles. The van der Waals surface area contributed by atoms with Crippen molar-refractivity contribution in [1.82, 2.24) is 10.6 Å². The minimum absolute atomic E-state index is 0.0380. The number of hydrogen-bond acceptors (Lipinski definition) is 4. The van der Waals surface area contributed by atoms with E-state index in [2.05, 4.69) is 15.6 Å². The largest absolute Gasteiger partial charge is 0.493 e. The number of alkyl halides is 3. The van der Waals surface area contributed by atoms with E-state index in [0.29, 0.717) is 25.6 Å². The second-order valence-corrected chi connectivity index (χ2v) is 5.84. The molecule has 0 spiro atoms. The van der Waals surface area contributed by atoms with Gasteiger partial charge in [0, 0.05) is 19.5 Å². The van der Waals surface area contributed by atoms with E-state index in [1.54, 1.807) is 18.4 Å². The van der Waals surface area contributed by atoms with Crippen LogP contribution in [0.2, 0.25) is 0 Å². The van der Waals surface area contributed by atoms with E-state index in [0.717, 1.165) is 17.7 Å². The van der Waals surface area contributed by atoms with Crippen molar-refractivity contribution < 1.29 is 27.1 Å². The molecule has 0 atom stereocenters. The summed E-state index contributed by atoms with van der Waals surface area (Å²) < 4.78 is 52.2. The Kier molecular flexibility index (Phi) is 8.03. The number of halogens is 3. The lowest BCUT2D eigenvalue weighted by Crippen LogP contribution is -2.38. The molecule has 0 saturated carbocycles. The summed E-state index contributed by atoms with van der Waals surface area (Å²) in [5, 5.41) is 6.34. The first-order valence-electron chi connectivity index (χ1n) is 8.82. The molecule has 9 heteroatoms. The van der Waals surface area contributed by atoms with Crippen molar-refractivity contribution in [3.63, 3.8) is 0 Å². The van der Waals surface area contributed by atoms with Crippen LogP contribution in [0, 0.1) is 0 Å². The van der Waals surface area contributed by atoms with Crippen LogP contribution in [0.25, 0.3) is 0 Å². The van der Waals surface area contributed by atoms with Gasteiger partial charge in [-0.1, -0.05) is 6.07 Å². The second kappa shape index (κ2) is 10.5. The number of nitrogens with one attached hydrogen (secondary N) is 2. The average Bonchev–Trinajstić information content (AvgIpc) is 3.17. The predicted octanol–water partition coefficient (Wildman–Crippen LogP) is 3.53. The third-order valence-electron chi connectivity index (χ3n) is 3.63. The Hall–Kier alpha value is -2.84. The van der Waals surface area contributed by atoms with Crippen LogP contribution in [0.1, 0.15) is 18.2 Å². The van der Waals surface area contributed by atoms with Gasteiger partial charge in [0.05, 0.1) is 19.9 Å². The van der Waals surface area contributed by atoms with Crippen molar-refractivity contribution in [2.45, 2.75) is 26.1 Å². The summed E-state index contributed by atoms with van der Waals surface area (Å²) in [6, 6.07) is 8.46. The Labute approximate surface area is 161 Å². The fraction of sp³-hybridized carbons (Fsp3) is 0.421. The molecule has 154 valence electrons. The molecule has 0 aliphatic rings. The Morgan fingerprint density at radius 1 is 1.18 bits per heavy atom. The maximum absolute atomic E-state index is 12.3. The van der Waals surface area contributed by atoms with E-state index in [-0.39, 0.29) is 11.5 Å². The van der Waals surface area contributed by atoms with Crippen LogP contribution >= 0.6 is 0 Å². The first-order chi connectivity index (χ1) is 13.4. The number of furan rings is 1. The van der Waals surface area contributed by atoms with Gasteiger partial charge in [-0.05, 0) is 36.8 Å². The van der Waals surface area contributed by atoms with Crippen molar-refractivity contribution in [2.75, 3.05) is 26.8 Å². The Morgan fingerprint density at radius 2 is 2.00 bits per heavy atom. The molecule has 28 heavy (non-hydrogen) atoms. The third kappa shape index (κ3) is 7.42. The van der Waals surface area contributed by atoms with Crippen LogP contribution in [0.3, 0.4) is 0 Å².